The van der Waals surface area contributed by atoms with Gasteiger partial charge in [0.15, 0.2) is 0 Å². The van der Waals surface area contributed by atoms with Crippen molar-refractivity contribution in [2.45, 2.75) is 31.5 Å². The summed E-state index contributed by atoms with van der Waals surface area (Å²) >= 11 is 0. The van der Waals surface area contributed by atoms with E-state index in [0.717, 1.165) is 41.1 Å². The highest BCUT2D eigenvalue weighted by Gasteiger charge is 2.40. The maximum atomic E-state index is 13.9. The highest BCUT2D eigenvalue weighted by molar-refractivity contribution is 5.81. The van der Waals surface area contributed by atoms with Gasteiger partial charge in [-0.3, -0.25) is 4.79 Å². The molecule has 1 amide bonds. The molecule has 1 aromatic rings. The Morgan fingerprint density at radius 2 is 2.04 bits per heavy atom. The average molecular weight is 338 g/mol. The van der Waals surface area contributed by atoms with Gasteiger partial charge in [0.2, 0.25) is 0 Å². The summed E-state index contributed by atoms with van der Waals surface area (Å²) < 4.78 is 39.6. The number of likely N-dealkylation sites (tertiary alicyclic amines) is 1. The summed E-state index contributed by atoms with van der Waals surface area (Å²) in [5.74, 6) is -1.28. The molecule has 6 heteroatoms. The molecule has 0 aromatic heterocycles. The molecule has 1 fully saturated rings. The minimum Gasteiger partial charge on any atom is -0.328 e. The van der Waals surface area contributed by atoms with Crippen molar-refractivity contribution >= 4 is 11.5 Å². The minimum atomic E-state index is -3.10. The number of likely N-dealkylation sites (N-methyl/N-ethyl adjacent to an activating group) is 1. The topological polar surface area (TPSA) is 23.6 Å². The van der Waals surface area contributed by atoms with Gasteiger partial charge in [-0.1, -0.05) is 30.3 Å². The second-order valence-electron chi connectivity index (χ2n) is 6.47. The molecule has 130 valence electrons. The molecule has 3 nitrogen and oxygen atoms in total. The molecule has 2 atom stereocenters. The first-order valence-electron chi connectivity index (χ1n) is 8.17. The van der Waals surface area contributed by atoms with Crippen LogP contribution in [0.4, 0.5) is 13.2 Å². The number of carbonyl (C=O) groups is 1. The zero-order chi connectivity index (χ0) is 17.3. The number of alkyl halides is 3. The lowest BCUT2D eigenvalue weighted by Crippen LogP contribution is -2.36. The van der Waals surface area contributed by atoms with Crippen molar-refractivity contribution in [3.8, 4) is 0 Å². The van der Waals surface area contributed by atoms with Crippen LogP contribution in [0, 0.1) is 0 Å². The summed E-state index contributed by atoms with van der Waals surface area (Å²) in [6.07, 6.45) is -1.33. The number of rotatable bonds is 3. The van der Waals surface area contributed by atoms with Crippen LogP contribution in [0.5, 0.6) is 0 Å². The Morgan fingerprint density at radius 3 is 2.71 bits per heavy atom. The molecule has 0 saturated carbocycles. The SMILES string of the molecule is CN1CC=C(c2ccccc2C2CC(F)CN2C(=O)C(F)F)CC1. The van der Waals surface area contributed by atoms with E-state index in [4.69, 9.17) is 0 Å². The van der Waals surface area contributed by atoms with Gasteiger partial charge in [0.05, 0.1) is 12.6 Å². The van der Waals surface area contributed by atoms with Crippen LogP contribution in [0.3, 0.4) is 0 Å². The maximum Gasteiger partial charge on any atom is 0.315 e. The quantitative estimate of drug-likeness (QED) is 0.844. The third kappa shape index (κ3) is 3.34. The molecule has 1 aromatic carbocycles. The summed E-state index contributed by atoms with van der Waals surface area (Å²) in [5, 5.41) is 0. The second kappa shape index (κ2) is 6.97. The largest absolute Gasteiger partial charge is 0.328 e. The second-order valence-corrected chi connectivity index (χ2v) is 6.47. The molecule has 2 aliphatic heterocycles. The van der Waals surface area contributed by atoms with Gasteiger partial charge in [0, 0.05) is 19.5 Å². The van der Waals surface area contributed by atoms with Crippen molar-refractivity contribution in [1.29, 1.82) is 0 Å². The number of benzene rings is 1. The third-order valence-corrected chi connectivity index (χ3v) is 4.80. The minimum absolute atomic E-state index is 0.0721. The Morgan fingerprint density at radius 1 is 1.29 bits per heavy atom. The van der Waals surface area contributed by atoms with Crippen molar-refractivity contribution in [3.63, 3.8) is 0 Å². The predicted octanol–water partition coefficient (Wildman–Crippen LogP) is 3.28. The molecule has 1 saturated heterocycles. The van der Waals surface area contributed by atoms with Crippen LogP contribution in [0.25, 0.3) is 5.57 Å². The van der Waals surface area contributed by atoms with E-state index in [2.05, 4.69) is 11.0 Å². The monoisotopic (exact) mass is 338 g/mol. The van der Waals surface area contributed by atoms with Crippen LogP contribution in [0.1, 0.15) is 30.0 Å². The fraction of sp³-hybridized carbons (Fsp3) is 0.500. The van der Waals surface area contributed by atoms with Crippen LogP contribution >= 0.6 is 0 Å². The van der Waals surface area contributed by atoms with Crippen LogP contribution < -0.4 is 0 Å². The van der Waals surface area contributed by atoms with E-state index in [-0.39, 0.29) is 13.0 Å². The average Bonchev–Trinajstić information content (AvgIpc) is 2.96. The molecule has 0 N–H and O–H groups in total. The van der Waals surface area contributed by atoms with Gasteiger partial charge in [-0.25, -0.2) is 4.39 Å². The molecule has 0 spiro atoms. The van der Waals surface area contributed by atoms with Crippen molar-refractivity contribution < 1.29 is 18.0 Å². The molecule has 0 radical (unpaired) electrons. The van der Waals surface area contributed by atoms with Crippen LogP contribution in [-0.2, 0) is 4.79 Å². The highest BCUT2D eigenvalue weighted by atomic mass is 19.3. The van der Waals surface area contributed by atoms with Crippen molar-refractivity contribution in [2.75, 3.05) is 26.7 Å². The zero-order valence-electron chi connectivity index (χ0n) is 13.6. The number of carbonyl (C=O) groups excluding carboxylic acids is 1. The molecule has 24 heavy (non-hydrogen) atoms. The van der Waals surface area contributed by atoms with Gasteiger partial charge in [-0.15, -0.1) is 0 Å². The van der Waals surface area contributed by atoms with Gasteiger partial charge in [-0.05, 0) is 30.2 Å². The summed E-state index contributed by atoms with van der Waals surface area (Å²) in [5.41, 5.74) is 2.84. The van der Waals surface area contributed by atoms with Gasteiger partial charge >= 0.3 is 6.43 Å². The number of hydrogen-bond donors (Lipinski definition) is 0. The number of amides is 1. The van der Waals surface area contributed by atoms with E-state index in [9.17, 15) is 18.0 Å². The lowest BCUT2D eigenvalue weighted by atomic mass is 9.90. The summed E-state index contributed by atoms with van der Waals surface area (Å²) in [4.78, 5) is 15.0. The predicted molar refractivity (Wildman–Crippen MR) is 86.5 cm³/mol. The van der Waals surface area contributed by atoms with E-state index < -0.39 is 24.5 Å². The number of hydrogen-bond acceptors (Lipinski definition) is 2. The number of halogens is 3. The Labute approximate surface area is 139 Å². The van der Waals surface area contributed by atoms with E-state index in [0.29, 0.717) is 0 Å². The Hall–Kier alpha value is -1.82. The Bertz CT molecular complexity index is 647. The van der Waals surface area contributed by atoms with Crippen LogP contribution in [0.2, 0.25) is 0 Å². The van der Waals surface area contributed by atoms with Crippen LogP contribution in [-0.4, -0.2) is 55.0 Å². The van der Waals surface area contributed by atoms with E-state index in [1.807, 2.05) is 31.3 Å². The molecule has 3 rings (SSSR count). The zero-order valence-corrected chi connectivity index (χ0v) is 13.6. The lowest BCUT2D eigenvalue weighted by Gasteiger charge is -2.28. The first kappa shape index (κ1) is 17.0. The molecular weight excluding hydrogens is 317 g/mol. The normalized spacial score (nSPS) is 25.2. The molecule has 2 unspecified atom stereocenters. The van der Waals surface area contributed by atoms with E-state index >= 15 is 0 Å². The van der Waals surface area contributed by atoms with Crippen molar-refractivity contribution in [2.24, 2.45) is 0 Å². The first-order chi connectivity index (χ1) is 11.5. The number of nitrogens with zero attached hydrogens (tertiary/aromatic N) is 2. The van der Waals surface area contributed by atoms with Crippen LogP contribution in [0.15, 0.2) is 30.3 Å². The fourth-order valence-corrected chi connectivity index (χ4v) is 3.54. The van der Waals surface area contributed by atoms with Gasteiger partial charge in [-0.2, -0.15) is 8.78 Å². The molecular formula is C18H21F3N2O. The fourth-order valence-electron chi connectivity index (χ4n) is 3.54. The van der Waals surface area contributed by atoms with Gasteiger partial charge < -0.3 is 9.80 Å². The lowest BCUT2D eigenvalue weighted by molar-refractivity contribution is -0.144. The first-order valence-corrected chi connectivity index (χ1v) is 8.17. The highest BCUT2D eigenvalue weighted by Crippen LogP contribution is 2.38. The third-order valence-electron chi connectivity index (χ3n) is 4.80. The van der Waals surface area contributed by atoms with Gasteiger partial charge in [0.1, 0.15) is 6.17 Å². The maximum absolute atomic E-state index is 13.9. The summed E-state index contributed by atoms with van der Waals surface area (Å²) in [6, 6.07) is 6.83. The Balaban J connectivity index is 1.95. The smallest absolute Gasteiger partial charge is 0.315 e. The van der Waals surface area contributed by atoms with E-state index in [1.165, 1.54) is 0 Å². The van der Waals surface area contributed by atoms with Crippen molar-refractivity contribution in [3.05, 3.63) is 41.5 Å². The van der Waals surface area contributed by atoms with Crippen molar-refractivity contribution in [1.82, 2.24) is 9.80 Å². The summed E-state index contributed by atoms with van der Waals surface area (Å²) in [6.45, 7) is 1.47. The molecule has 2 heterocycles. The molecule has 0 aliphatic carbocycles. The standard InChI is InChI=1S/C18H21F3N2O/c1-22-8-6-12(7-9-22)14-4-2-3-5-15(14)16-10-13(19)11-23(16)18(24)17(20)21/h2-6,13,16-17H,7-11H2,1H3. The molecule has 2 aliphatic rings. The Kier molecular flexibility index (Phi) is 4.94. The van der Waals surface area contributed by atoms with Gasteiger partial charge in [0.25, 0.3) is 5.91 Å². The summed E-state index contributed by atoms with van der Waals surface area (Å²) in [7, 11) is 2.03. The molecule has 0 bridgehead atoms. The van der Waals surface area contributed by atoms with E-state index in [1.54, 1.807) is 0 Å².